The molecular formula is C7H8ClN. The molecule has 0 saturated heterocycles. The van der Waals surface area contributed by atoms with Crippen LogP contribution in [0.15, 0.2) is 18.2 Å². The highest BCUT2D eigenvalue weighted by Crippen LogP contribution is 2.28. The lowest BCUT2D eigenvalue weighted by atomic mass is 9.94. The third kappa shape index (κ3) is 0.824. The Morgan fingerprint density at radius 3 is 2.22 bits per heavy atom. The number of rotatable bonds is 0. The van der Waals surface area contributed by atoms with Gasteiger partial charge in [-0.2, -0.15) is 0 Å². The van der Waals surface area contributed by atoms with Crippen LogP contribution in [0.25, 0.3) is 0 Å². The Labute approximate surface area is 59.2 Å². The van der Waals surface area contributed by atoms with E-state index in [1.165, 1.54) is 11.1 Å². The Hall–Kier alpha value is -0.530. The Balaban J connectivity index is 0.000000405. The molecule has 0 fully saturated rings. The van der Waals surface area contributed by atoms with Gasteiger partial charge in [-0.25, -0.2) is 0 Å². The molecule has 0 heterocycles. The van der Waals surface area contributed by atoms with Crippen molar-refractivity contribution in [1.29, 1.82) is 0 Å². The fourth-order valence-electron chi connectivity index (χ4n) is 0.962. The molecule has 0 radical (unpaired) electrons. The van der Waals surface area contributed by atoms with Crippen LogP contribution in [0.1, 0.15) is 11.1 Å². The highest BCUT2D eigenvalue weighted by atomic mass is 35.5. The summed E-state index contributed by atoms with van der Waals surface area (Å²) in [5.74, 6) is 0. The Bertz CT molecular complexity index is 223. The SMILES string of the molecule is Clc1ccc2cc1C2.N. The lowest BCUT2D eigenvalue weighted by molar-refractivity contribution is 1.09. The molecule has 0 unspecified atom stereocenters. The summed E-state index contributed by atoms with van der Waals surface area (Å²) in [4.78, 5) is 0. The summed E-state index contributed by atoms with van der Waals surface area (Å²) in [6.07, 6.45) is 1.09. The highest BCUT2D eigenvalue weighted by Gasteiger charge is 2.10. The first-order valence-corrected chi connectivity index (χ1v) is 3.01. The van der Waals surface area contributed by atoms with E-state index < -0.39 is 0 Å². The van der Waals surface area contributed by atoms with Crippen molar-refractivity contribution in [3.63, 3.8) is 0 Å². The summed E-state index contributed by atoms with van der Waals surface area (Å²) in [6, 6.07) is 6.15. The van der Waals surface area contributed by atoms with E-state index in [4.69, 9.17) is 11.6 Å². The normalized spacial score (nSPS) is 11.7. The van der Waals surface area contributed by atoms with Gasteiger partial charge < -0.3 is 6.15 Å². The highest BCUT2D eigenvalue weighted by molar-refractivity contribution is 6.31. The average molecular weight is 142 g/mol. The maximum Gasteiger partial charge on any atom is 0.0441 e. The van der Waals surface area contributed by atoms with Gasteiger partial charge in [-0.3, -0.25) is 0 Å². The molecule has 0 aliphatic heterocycles. The van der Waals surface area contributed by atoms with Gasteiger partial charge in [0.2, 0.25) is 0 Å². The average Bonchev–Trinajstić information content (AvgIpc) is 1.62. The zero-order valence-corrected chi connectivity index (χ0v) is 5.78. The van der Waals surface area contributed by atoms with Gasteiger partial charge in [0, 0.05) is 5.02 Å². The summed E-state index contributed by atoms with van der Waals surface area (Å²) in [5.41, 5.74) is 2.70. The minimum Gasteiger partial charge on any atom is -0.344 e. The van der Waals surface area contributed by atoms with Gasteiger partial charge in [0.05, 0.1) is 0 Å². The second-order valence-corrected chi connectivity index (χ2v) is 2.51. The van der Waals surface area contributed by atoms with Gasteiger partial charge in [-0.1, -0.05) is 23.7 Å². The van der Waals surface area contributed by atoms with Crippen LogP contribution < -0.4 is 6.15 Å². The second-order valence-electron chi connectivity index (χ2n) is 2.10. The van der Waals surface area contributed by atoms with E-state index in [0.29, 0.717) is 0 Å². The zero-order chi connectivity index (χ0) is 5.56. The number of benzene rings is 1. The van der Waals surface area contributed by atoms with Crippen LogP contribution >= 0.6 is 11.6 Å². The van der Waals surface area contributed by atoms with Gasteiger partial charge >= 0.3 is 0 Å². The van der Waals surface area contributed by atoms with Crippen molar-refractivity contribution in [3.8, 4) is 0 Å². The van der Waals surface area contributed by atoms with Crippen LogP contribution in [-0.4, -0.2) is 0 Å². The molecule has 1 aromatic rings. The number of hydrogen-bond acceptors (Lipinski definition) is 1. The molecule has 1 aromatic carbocycles. The molecule has 2 aliphatic rings. The van der Waals surface area contributed by atoms with Crippen LogP contribution in [0.5, 0.6) is 0 Å². The van der Waals surface area contributed by atoms with E-state index >= 15 is 0 Å². The fourth-order valence-corrected chi connectivity index (χ4v) is 1.15. The fraction of sp³-hybridized carbons (Fsp3) is 0.143. The van der Waals surface area contributed by atoms with Crippen molar-refractivity contribution in [3.05, 3.63) is 34.3 Å². The van der Waals surface area contributed by atoms with Crippen molar-refractivity contribution >= 4 is 11.6 Å². The van der Waals surface area contributed by atoms with Gasteiger partial charge in [0.1, 0.15) is 0 Å². The Morgan fingerprint density at radius 2 is 2.00 bits per heavy atom. The molecule has 3 rings (SSSR count). The van der Waals surface area contributed by atoms with Crippen molar-refractivity contribution in [1.82, 2.24) is 6.15 Å². The molecule has 2 heteroatoms. The van der Waals surface area contributed by atoms with Gasteiger partial charge in [0.25, 0.3) is 0 Å². The third-order valence-corrected chi connectivity index (χ3v) is 1.87. The van der Waals surface area contributed by atoms with Crippen LogP contribution in [-0.2, 0) is 6.42 Å². The molecule has 0 atom stereocenters. The van der Waals surface area contributed by atoms with E-state index in [1.807, 2.05) is 6.07 Å². The molecule has 48 valence electrons. The molecular weight excluding hydrogens is 134 g/mol. The summed E-state index contributed by atoms with van der Waals surface area (Å²) in [5, 5.41) is 0.917. The predicted molar refractivity (Wildman–Crippen MR) is 39.3 cm³/mol. The first kappa shape index (κ1) is 6.59. The summed E-state index contributed by atoms with van der Waals surface area (Å²) in [7, 11) is 0. The molecule has 1 nitrogen and oxygen atoms in total. The summed E-state index contributed by atoms with van der Waals surface area (Å²) in [6.45, 7) is 0. The van der Waals surface area contributed by atoms with Crippen molar-refractivity contribution in [2.45, 2.75) is 6.42 Å². The lowest BCUT2D eigenvalue weighted by Gasteiger charge is -2.14. The van der Waals surface area contributed by atoms with Gasteiger partial charge in [0.15, 0.2) is 0 Å². The van der Waals surface area contributed by atoms with Crippen LogP contribution in [0.4, 0.5) is 0 Å². The summed E-state index contributed by atoms with van der Waals surface area (Å²) >= 11 is 5.75. The Kier molecular flexibility index (Phi) is 1.47. The maximum atomic E-state index is 5.75. The van der Waals surface area contributed by atoms with E-state index in [-0.39, 0.29) is 6.15 Å². The van der Waals surface area contributed by atoms with Crippen LogP contribution in [0, 0.1) is 0 Å². The smallest absolute Gasteiger partial charge is 0.0441 e. The van der Waals surface area contributed by atoms with Gasteiger partial charge in [-0.05, 0) is 23.6 Å². The number of halogens is 1. The first-order valence-electron chi connectivity index (χ1n) is 2.63. The van der Waals surface area contributed by atoms with Crippen molar-refractivity contribution in [2.75, 3.05) is 0 Å². The minimum atomic E-state index is 0. The van der Waals surface area contributed by atoms with Crippen molar-refractivity contribution in [2.24, 2.45) is 0 Å². The topological polar surface area (TPSA) is 35.0 Å². The van der Waals surface area contributed by atoms with E-state index in [2.05, 4.69) is 12.1 Å². The molecule has 0 spiro atoms. The monoisotopic (exact) mass is 141 g/mol. The standard InChI is InChI=1S/C7H5Cl.H3N/c8-7-2-1-5-3-6(7)4-5;/h1-3H,4H2;1H3. The molecule has 0 saturated carbocycles. The lowest BCUT2D eigenvalue weighted by Crippen LogP contribution is -1.99. The summed E-state index contributed by atoms with van der Waals surface area (Å²) < 4.78 is 0. The Morgan fingerprint density at radius 1 is 1.33 bits per heavy atom. The molecule has 9 heavy (non-hydrogen) atoms. The predicted octanol–water partition coefficient (Wildman–Crippen LogP) is 2.41. The third-order valence-electron chi connectivity index (χ3n) is 1.50. The van der Waals surface area contributed by atoms with Crippen molar-refractivity contribution < 1.29 is 0 Å². The number of fused-ring (bicyclic) bond motifs is 2. The zero-order valence-electron chi connectivity index (χ0n) is 5.02. The quantitative estimate of drug-likeness (QED) is 0.601. The molecule has 2 aliphatic carbocycles. The first-order chi connectivity index (χ1) is 3.86. The van der Waals surface area contributed by atoms with E-state index in [1.54, 1.807) is 0 Å². The minimum absolute atomic E-state index is 0. The number of hydrogen-bond donors (Lipinski definition) is 1. The molecule has 2 bridgehead atoms. The van der Waals surface area contributed by atoms with E-state index in [9.17, 15) is 0 Å². The largest absolute Gasteiger partial charge is 0.344 e. The molecule has 3 N–H and O–H groups in total. The second kappa shape index (κ2) is 2.01. The molecule has 0 aromatic heterocycles. The molecule has 0 amide bonds. The van der Waals surface area contributed by atoms with Gasteiger partial charge in [-0.15, -0.1) is 0 Å². The van der Waals surface area contributed by atoms with Crippen LogP contribution in [0.3, 0.4) is 0 Å². The maximum absolute atomic E-state index is 5.75. The van der Waals surface area contributed by atoms with Crippen LogP contribution in [0.2, 0.25) is 5.02 Å². The van der Waals surface area contributed by atoms with E-state index in [0.717, 1.165) is 11.4 Å².